The molecule has 1 aliphatic rings. The molecular weight excluding hydrogens is 266 g/mol. The van der Waals surface area contributed by atoms with Crippen LogP contribution in [0.25, 0.3) is 0 Å². The molecule has 3 rings (SSSR count). The molecule has 112 valence electrons. The van der Waals surface area contributed by atoms with Crippen LogP contribution in [-0.4, -0.2) is 55.5 Å². The molecule has 2 atom stereocenters. The van der Waals surface area contributed by atoms with Crippen molar-refractivity contribution in [3.63, 3.8) is 0 Å². The number of likely N-dealkylation sites (tertiary alicyclic amines) is 1. The molecule has 3 heterocycles. The average Bonchev–Trinajstić information content (AvgIpc) is 3.11. The molecule has 0 spiro atoms. The molecule has 0 amide bonds. The number of hydrogen-bond acceptors (Lipinski definition) is 5. The zero-order valence-corrected chi connectivity index (χ0v) is 12.0. The highest BCUT2D eigenvalue weighted by atomic mass is 16.3. The standard InChI is InChI=1S/C15H21N5O/c21-15-12-19(6-2-8-20-7-1-3-18-20)11-13(15)9-14-10-16-4-5-17-14/h1,3-5,7,10,13,15,21H,2,6,8-9,11-12H2/t13-,15-/m1/s1. The number of aliphatic hydroxyl groups is 1. The molecule has 1 saturated heterocycles. The molecule has 1 N–H and O–H groups in total. The minimum atomic E-state index is -0.267. The fraction of sp³-hybridized carbons (Fsp3) is 0.533. The molecule has 1 aliphatic heterocycles. The third-order valence-electron chi connectivity index (χ3n) is 3.99. The Kier molecular flexibility index (Phi) is 4.57. The first kappa shape index (κ1) is 14.2. The molecule has 0 unspecified atom stereocenters. The van der Waals surface area contributed by atoms with Crippen LogP contribution in [0.3, 0.4) is 0 Å². The van der Waals surface area contributed by atoms with Crippen LogP contribution in [0.1, 0.15) is 12.1 Å². The molecule has 0 radical (unpaired) electrons. The summed E-state index contributed by atoms with van der Waals surface area (Å²) in [4.78, 5) is 10.7. The number of rotatable bonds is 6. The predicted molar refractivity (Wildman–Crippen MR) is 78.5 cm³/mol. The number of β-amino-alcohol motifs (C(OH)–C–C–N with tert-alkyl or cyclic N) is 1. The molecule has 0 bridgehead atoms. The SMILES string of the molecule is O[C@@H]1CN(CCCn2cccn2)C[C@H]1Cc1cnccn1. The van der Waals surface area contributed by atoms with Gasteiger partial charge in [0.25, 0.3) is 0 Å². The second-order valence-corrected chi connectivity index (χ2v) is 5.61. The lowest BCUT2D eigenvalue weighted by Gasteiger charge is -2.15. The molecule has 1 fully saturated rings. The van der Waals surface area contributed by atoms with Gasteiger partial charge in [0.1, 0.15) is 0 Å². The largest absolute Gasteiger partial charge is 0.391 e. The highest BCUT2D eigenvalue weighted by molar-refractivity contribution is 4.99. The van der Waals surface area contributed by atoms with Crippen LogP contribution in [0.2, 0.25) is 0 Å². The van der Waals surface area contributed by atoms with Crippen molar-refractivity contribution < 1.29 is 5.11 Å². The Morgan fingerprint density at radius 1 is 1.19 bits per heavy atom. The van der Waals surface area contributed by atoms with Gasteiger partial charge in [-0.05, 0) is 18.9 Å². The van der Waals surface area contributed by atoms with E-state index in [1.165, 1.54) is 0 Å². The molecule has 0 aromatic carbocycles. The molecule has 2 aromatic rings. The van der Waals surface area contributed by atoms with Crippen molar-refractivity contribution in [2.75, 3.05) is 19.6 Å². The Balaban J connectivity index is 1.45. The lowest BCUT2D eigenvalue weighted by atomic mass is 10.0. The Bertz CT molecular complexity index is 530. The molecule has 2 aromatic heterocycles. The quantitative estimate of drug-likeness (QED) is 0.842. The van der Waals surface area contributed by atoms with E-state index in [9.17, 15) is 5.11 Å². The lowest BCUT2D eigenvalue weighted by molar-refractivity contribution is 0.141. The maximum absolute atomic E-state index is 10.2. The van der Waals surface area contributed by atoms with Crippen LogP contribution in [0, 0.1) is 5.92 Å². The maximum Gasteiger partial charge on any atom is 0.0711 e. The van der Waals surface area contributed by atoms with Gasteiger partial charge in [-0.2, -0.15) is 5.10 Å². The topological polar surface area (TPSA) is 67.1 Å². The predicted octanol–water partition coefficient (Wildman–Crippen LogP) is 0.599. The van der Waals surface area contributed by atoms with Crippen LogP contribution in [0.5, 0.6) is 0 Å². The zero-order chi connectivity index (χ0) is 14.5. The van der Waals surface area contributed by atoms with Gasteiger partial charge in [-0.1, -0.05) is 0 Å². The highest BCUT2D eigenvalue weighted by Gasteiger charge is 2.31. The summed E-state index contributed by atoms with van der Waals surface area (Å²) < 4.78 is 1.95. The number of aromatic nitrogens is 4. The number of aryl methyl sites for hydroxylation is 1. The van der Waals surface area contributed by atoms with E-state index in [1.54, 1.807) is 24.8 Å². The van der Waals surface area contributed by atoms with Crippen LogP contribution < -0.4 is 0 Å². The monoisotopic (exact) mass is 287 g/mol. The minimum Gasteiger partial charge on any atom is -0.391 e. The summed E-state index contributed by atoms with van der Waals surface area (Å²) in [6.07, 6.45) is 10.5. The van der Waals surface area contributed by atoms with E-state index in [0.717, 1.165) is 44.7 Å². The fourth-order valence-corrected chi connectivity index (χ4v) is 2.92. The summed E-state index contributed by atoms with van der Waals surface area (Å²) >= 11 is 0. The van der Waals surface area contributed by atoms with Crippen LogP contribution in [0.4, 0.5) is 0 Å². The van der Waals surface area contributed by atoms with Gasteiger partial charge in [0.05, 0.1) is 11.8 Å². The van der Waals surface area contributed by atoms with E-state index in [1.807, 2.05) is 16.9 Å². The third-order valence-corrected chi connectivity index (χ3v) is 3.99. The van der Waals surface area contributed by atoms with Gasteiger partial charge >= 0.3 is 0 Å². The lowest BCUT2D eigenvalue weighted by Crippen LogP contribution is -2.24. The average molecular weight is 287 g/mol. The molecule has 0 saturated carbocycles. The van der Waals surface area contributed by atoms with E-state index in [0.29, 0.717) is 0 Å². The first-order valence-corrected chi connectivity index (χ1v) is 7.44. The third kappa shape index (κ3) is 3.86. The van der Waals surface area contributed by atoms with Gasteiger partial charge in [0, 0.05) is 63.1 Å². The fourth-order valence-electron chi connectivity index (χ4n) is 2.92. The van der Waals surface area contributed by atoms with Gasteiger partial charge in [-0.25, -0.2) is 0 Å². The van der Waals surface area contributed by atoms with Crippen molar-refractivity contribution in [1.29, 1.82) is 0 Å². The molecule has 6 nitrogen and oxygen atoms in total. The Morgan fingerprint density at radius 2 is 2.14 bits per heavy atom. The van der Waals surface area contributed by atoms with Crippen molar-refractivity contribution in [3.05, 3.63) is 42.7 Å². The van der Waals surface area contributed by atoms with E-state index < -0.39 is 0 Å². The summed E-state index contributed by atoms with van der Waals surface area (Å²) in [5, 5.41) is 14.4. The van der Waals surface area contributed by atoms with Crippen LogP contribution in [-0.2, 0) is 13.0 Å². The van der Waals surface area contributed by atoms with E-state index in [2.05, 4.69) is 20.0 Å². The van der Waals surface area contributed by atoms with E-state index >= 15 is 0 Å². The number of aliphatic hydroxyl groups excluding tert-OH is 1. The number of hydrogen-bond donors (Lipinski definition) is 1. The van der Waals surface area contributed by atoms with Crippen LogP contribution in [0.15, 0.2) is 37.1 Å². The summed E-state index contributed by atoms with van der Waals surface area (Å²) in [5.41, 5.74) is 0.958. The minimum absolute atomic E-state index is 0.256. The molecule has 0 aliphatic carbocycles. The Labute approximate surface area is 124 Å². The van der Waals surface area contributed by atoms with Crippen molar-refractivity contribution >= 4 is 0 Å². The smallest absolute Gasteiger partial charge is 0.0711 e. The van der Waals surface area contributed by atoms with Gasteiger partial charge in [-0.3, -0.25) is 14.6 Å². The number of nitrogens with zero attached hydrogens (tertiary/aromatic N) is 5. The first-order chi connectivity index (χ1) is 10.3. The van der Waals surface area contributed by atoms with Crippen molar-refractivity contribution in [2.24, 2.45) is 5.92 Å². The Hall–Kier alpha value is -1.79. The summed E-state index contributed by atoms with van der Waals surface area (Å²) in [6, 6.07) is 1.94. The summed E-state index contributed by atoms with van der Waals surface area (Å²) in [6.45, 7) is 3.60. The van der Waals surface area contributed by atoms with Crippen molar-refractivity contribution in [1.82, 2.24) is 24.6 Å². The summed E-state index contributed by atoms with van der Waals surface area (Å²) in [5.74, 6) is 0.256. The first-order valence-electron chi connectivity index (χ1n) is 7.44. The maximum atomic E-state index is 10.2. The van der Waals surface area contributed by atoms with Crippen molar-refractivity contribution in [3.8, 4) is 0 Å². The zero-order valence-electron chi connectivity index (χ0n) is 12.0. The highest BCUT2D eigenvalue weighted by Crippen LogP contribution is 2.20. The molecule has 6 heteroatoms. The van der Waals surface area contributed by atoms with Gasteiger partial charge < -0.3 is 10.0 Å². The van der Waals surface area contributed by atoms with Crippen LogP contribution >= 0.6 is 0 Å². The second kappa shape index (κ2) is 6.78. The van der Waals surface area contributed by atoms with Gasteiger partial charge in [0.2, 0.25) is 0 Å². The Morgan fingerprint density at radius 3 is 2.90 bits per heavy atom. The molecule has 21 heavy (non-hydrogen) atoms. The molecular formula is C15H21N5O. The van der Waals surface area contributed by atoms with Gasteiger partial charge in [-0.15, -0.1) is 0 Å². The van der Waals surface area contributed by atoms with Gasteiger partial charge in [0.15, 0.2) is 0 Å². The van der Waals surface area contributed by atoms with E-state index in [-0.39, 0.29) is 12.0 Å². The van der Waals surface area contributed by atoms with Crippen molar-refractivity contribution in [2.45, 2.75) is 25.5 Å². The summed E-state index contributed by atoms with van der Waals surface area (Å²) in [7, 11) is 0. The second-order valence-electron chi connectivity index (χ2n) is 5.61. The normalized spacial score (nSPS) is 22.7. The van der Waals surface area contributed by atoms with E-state index in [4.69, 9.17) is 0 Å².